The third kappa shape index (κ3) is 3.12. The van der Waals surface area contributed by atoms with Crippen molar-refractivity contribution in [2.75, 3.05) is 0 Å². The molecule has 0 aliphatic heterocycles. The van der Waals surface area contributed by atoms with Crippen molar-refractivity contribution in [3.63, 3.8) is 0 Å². The van der Waals surface area contributed by atoms with Gasteiger partial charge in [-0.25, -0.2) is 4.98 Å². The van der Waals surface area contributed by atoms with Crippen LogP contribution in [0.5, 0.6) is 0 Å². The maximum atomic E-state index is 12.7. The summed E-state index contributed by atoms with van der Waals surface area (Å²) in [6.45, 7) is 5.29. The summed E-state index contributed by atoms with van der Waals surface area (Å²) >= 11 is 3.31. The largest absolute Gasteiger partial charge is 0.309 e. The average molecular weight is 402 g/mol. The lowest BCUT2D eigenvalue weighted by atomic mass is 9.89. The lowest BCUT2D eigenvalue weighted by Crippen LogP contribution is -2.14. The number of hydrogen-bond acceptors (Lipinski definition) is 6. The van der Waals surface area contributed by atoms with Crippen LogP contribution < -0.4 is 5.56 Å². The number of aryl methyl sites for hydroxylation is 1. The van der Waals surface area contributed by atoms with Crippen molar-refractivity contribution < 1.29 is 0 Å². The molecule has 1 atom stereocenters. The van der Waals surface area contributed by atoms with Gasteiger partial charge in [0, 0.05) is 17.3 Å². The van der Waals surface area contributed by atoms with Gasteiger partial charge in [0.1, 0.15) is 16.5 Å². The molecule has 0 amide bonds. The summed E-state index contributed by atoms with van der Waals surface area (Å²) in [6.07, 6.45) is 5.67. The third-order valence-corrected chi connectivity index (χ3v) is 7.68. The molecule has 5 rings (SSSR count). The zero-order valence-electron chi connectivity index (χ0n) is 15.6. The molecule has 3 aromatic rings. The van der Waals surface area contributed by atoms with E-state index in [0.717, 1.165) is 52.8 Å². The summed E-state index contributed by atoms with van der Waals surface area (Å²) in [5, 5.41) is 10.5. The molecule has 142 valence electrons. The van der Waals surface area contributed by atoms with E-state index < -0.39 is 0 Å². The lowest BCUT2D eigenvalue weighted by Gasteiger charge is -2.17. The number of nitrogens with one attached hydrogen (secondary N) is 1. The second-order valence-corrected chi connectivity index (χ2v) is 9.72. The number of thioether (sulfide) groups is 1. The van der Waals surface area contributed by atoms with Gasteiger partial charge in [0.05, 0.1) is 11.1 Å². The SMILES string of the molecule is CCn1c(SCc2nc3sc4c(c3c(=O)[nH]2)CC[C@@H](C)C4)nnc1C1CC1. The molecule has 1 saturated carbocycles. The van der Waals surface area contributed by atoms with E-state index in [-0.39, 0.29) is 5.56 Å². The van der Waals surface area contributed by atoms with Gasteiger partial charge in [-0.05, 0) is 50.5 Å². The first kappa shape index (κ1) is 17.4. The van der Waals surface area contributed by atoms with Gasteiger partial charge in [0.25, 0.3) is 5.56 Å². The average Bonchev–Trinajstić information content (AvgIpc) is 3.30. The Labute approximate surface area is 165 Å². The van der Waals surface area contributed by atoms with E-state index in [9.17, 15) is 4.79 Å². The Hall–Kier alpha value is -1.67. The van der Waals surface area contributed by atoms with E-state index in [2.05, 4.69) is 33.6 Å². The fourth-order valence-corrected chi connectivity index (χ4v) is 6.22. The normalized spacial score (nSPS) is 19.6. The number of aromatic amines is 1. The zero-order valence-corrected chi connectivity index (χ0v) is 17.3. The molecule has 8 heteroatoms. The van der Waals surface area contributed by atoms with Crippen molar-refractivity contribution in [2.24, 2.45) is 5.92 Å². The number of rotatable bonds is 5. The van der Waals surface area contributed by atoms with Crippen LogP contribution in [-0.2, 0) is 25.1 Å². The quantitative estimate of drug-likeness (QED) is 0.656. The topological polar surface area (TPSA) is 76.5 Å². The van der Waals surface area contributed by atoms with Crippen molar-refractivity contribution in [1.82, 2.24) is 24.7 Å². The summed E-state index contributed by atoms with van der Waals surface area (Å²) in [4.78, 5) is 22.7. The molecular weight excluding hydrogens is 378 g/mol. The molecule has 27 heavy (non-hydrogen) atoms. The van der Waals surface area contributed by atoms with E-state index in [1.54, 1.807) is 23.1 Å². The Morgan fingerprint density at radius 3 is 2.93 bits per heavy atom. The standard InChI is InChI=1S/C19H23N5OS2/c1-3-24-16(11-5-6-11)22-23-19(24)26-9-14-20-17(25)15-12-7-4-10(2)8-13(12)27-18(15)21-14/h10-11H,3-9H2,1-2H3,(H,20,21,25)/t10-/m1/s1. The molecule has 2 aliphatic carbocycles. The highest BCUT2D eigenvalue weighted by molar-refractivity contribution is 7.98. The number of H-pyrrole nitrogens is 1. The fourth-order valence-electron chi connectivity index (χ4n) is 3.94. The maximum Gasteiger partial charge on any atom is 0.259 e. The van der Waals surface area contributed by atoms with Crippen molar-refractivity contribution in [1.29, 1.82) is 0 Å². The van der Waals surface area contributed by atoms with Crippen LogP contribution in [0.15, 0.2) is 9.95 Å². The van der Waals surface area contributed by atoms with Crippen LogP contribution in [0.4, 0.5) is 0 Å². The maximum absolute atomic E-state index is 12.7. The molecule has 1 N–H and O–H groups in total. The molecule has 6 nitrogen and oxygen atoms in total. The fraction of sp³-hybridized carbons (Fsp3) is 0.579. The van der Waals surface area contributed by atoms with Crippen LogP contribution in [0.25, 0.3) is 10.2 Å². The Morgan fingerprint density at radius 1 is 1.30 bits per heavy atom. The van der Waals surface area contributed by atoms with E-state index in [0.29, 0.717) is 17.6 Å². The minimum absolute atomic E-state index is 0.0123. The van der Waals surface area contributed by atoms with Crippen LogP contribution >= 0.6 is 23.1 Å². The van der Waals surface area contributed by atoms with Gasteiger partial charge in [0.15, 0.2) is 5.16 Å². The summed E-state index contributed by atoms with van der Waals surface area (Å²) in [5.41, 5.74) is 1.25. The Kier molecular flexibility index (Phi) is 4.35. The van der Waals surface area contributed by atoms with Crippen LogP contribution in [0, 0.1) is 5.92 Å². The van der Waals surface area contributed by atoms with Gasteiger partial charge in [0.2, 0.25) is 0 Å². The molecule has 0 saturated heterocycles. The monoisotopic (exact) mass is 401 g/mol. The van der Waals surface area contributed by atoms with Crippen molar-refractivity contribution in [3.05, 3.63) is 32.4 Å². The smallest absolute Gasteiger partial charge is 0.259 e. The molecule has 3 aromatic heterocycles. The molecule has 0 unspecified atom stereocenters. The van der Waals surface area contributed by atoms with E-state index in [4.69, 9.17) is 4.98 Å². The lowest BCUT2D eigenvalue weighted by molar-refractivity contribution is 0.509. The molecular formula is C19H23N5OS2. The first-order chi connectivity index (χ1) is 13.1. The summed E-state index contributed by atoms with van der Waals surface area (Å²) in [6, 6.07) is 0. The number of hydrogen-bond donors (Lipinski definition) is 1. The van der Waals surface area contributed by atoms with Gasteiger partial charge in [-0.1, -0.05) is 18.7 Å². The number of fused-ring (bicyclic) bond motifs is 3. The van der Waals surface area contributed by atoms with Crippen LogP contribution in [0.1, 0.15) is 61.1 Å². The molecule has 0 aromatic carbocycles. The highest BCUT2D eigenvalue weighted by Gasteiger charge is 2.30. The van der Waals surface area contributed by atoms with Crippen molar-refractivity contribution in [2.45, 2.75) is 69.3 Å². The minimum Gasteiger partial charge on any atom is -0.309 e. The molecule has 0 radical (unpaired) electrons. The van der Waals surface area contributed by atoms with Gasteiger partial charge >= 0.3 is 0 Å². The van der Waals surface area contributed by atoms with Gasteiger partial charge in [-0.2, -0.15) is 0 Å². The Bertz CT molecular complexity index is 1060. The van der Waals surface area contributed by atoms with Crippen molar-refractivity contribution in [3.8, 4) is 0 Å². The molecule has 2 aliphatic rings. The first-order valence-corrected chi connectivity index (χ1v) is 11.5. The van der Waals surface area contributed by atoms with Crippen molar-refractivity contribution >= 4 is 33.3 Å². The predicted molar refractivity (Wildman–Crippen MR) is 109 cm³/mol. The summed E-state index contributed by atoms with van der Waals surface area (Å²) < 4.78 is 2.20. The second-order valence-electron chi connectivity index (χ2n) is 7.69. The molecule has 0 bridgehead atoms. The Balaban J connectivity index is 1.42. The van der Waals surface area contributed by atoms with Crippen LogP contribution in [0.3, 0.4) is 0 Å². The number of aromatic nitrogens is 5. The Morgan fingerprint density at radius 2 is 2.15 bits per heavy atom. The number of nitrogens with zero attached hydrogens (tertiary/aromatic N) is 4. The summed E-state index contributed by atoms with van der Waals surface area (Å²) in [7, 11) is 0. The first-order valence-electron chi connectivity index (χ1n) is 9.73. The van der Waals surface area contributed by atoms with E-state index in [1.807, 2.05) is 0 Å². The van der Waals surface area contributed by atoms with Gasteiger partial charge in [-0.15, -0.1) is 21.5 Å². The second kappa shape index (κ2) is 6.74. The van der Waals surface area contributed by atoms with E-state index >= 15 is 0 Å². The minimum atomic E-state index is 0.0123. The number of thiophene rings is 1. The van der Waals surface area contributed by atoms with Crippen LogP contribution in [0.2, 0.25) is 0 Å². The zero-order chi connectivity index (χ0) is 18.5. The molecule has 0 spiro atoms. The highest BCUT2D eigenvalue weighted by Crippen LogP contribution is 2.40. The van der Waals surface area contributed by atoms with Gasteiger partial charge in [-0.3, -0.25) is 4.79 Å². The van der Waals surface area contributed by atoms with Gasteiger partial charge < -0.3 is 9.55 Å². The molecule has 3 heterocycles. The molecule has 1 fully saturated rings. The summed E-state index contributed by atoms with van der Waals surface area (Å²) in [5.74, 6) is 3.72. The van der Waals surface area contributed by atoms with E-state index in [1.165, 1.54) is 23.3 Å². The third-order valence-electron chi connectivity index (χ3n) is 5.56. The van der Waals surface area contributed by atoms with Crippen LogP contribution in [-0.4, -0.2) is 24.7 Å². The highest BCUT2D eigenvalue weighted by atomic mass is 32.2. The predicted octanol–water partition coefficient (Wildman–Crippen LogP) is 3.89.